The second-order valence-corrected chi connectivity index (χ2v) is 4.61. The van der Waals surface area contributed by atoms with Crippen LogP contribution < -0.4 is 5.56 Å². The molecule has 1 aromatic heterocycles. The molecule has 1 saturated carbocycles. The molecule has 18 heavy (non-hydrogen) atoms. The molecule has 0 amide bonds. The zero-order valence-corrected chi connectivity index (χ0v) is 10.5. The molecule has 0 spiro atoms. The van der Waals surface area contributed by atoms with Crippen molar-refractivity contribution >= 4 is 5.97 Å². The van der Waals surface area contributed by atoms with E-state index in [4.69, 9.17) is 5.11 Å². The average Bonchev–Trinajstić information content (AvgIpc) is 3.16. The van der Waals surface area contributed by atoms with Gasteiger partial charge in [-0.25, -0.2) is 4.79 Å². The predicted molar refractivity (Wildman–Crippen MR) is 67.9 cm³/mol. The minimum absolute atomic E-state index is 0.146. The van der Waals surface area contributed by atoms with Gasteiger partial charge in [0.05, 0.1) is 5.56 Å². The Hall–Kier alpha value is -1.62. The molecule has 0 unspecified atom stereocenters. The van der Waals surface area contributed by atoms with Crippen LogP contribution in [0.4, 0.5) is 0 Å². The molecule has 1 aliphatic carbocycles. The molecule has 1 fully saturated rings. The standard InChI is InChI=1S/C13H18N2O3/c1-2-14(11-4-5-11)7-8-15-9-10(13(17)18)3-6-12(15)16/h3,6,9,11H,2,4-5,7-8H2,1H3,(H,17,18). The van der Waals surface area contributed by atoms with Crippen molar-refractivity contribution in [2.45, 2.75) is 32.4 Å². The van der Waals surface area contributed by atoms with E-state index in [1.54, 1.807) is 0 Å². The van der Waals surface area contributed by atoms with Gasteiger partial charge in [-0.3, -0.25) is 9.69 Å². The van der Waals surface area contributed by atoms with Crippen LogP contribution in [0, 0.1) is 0 Å². The van der Waals surface area contributed by atoms with Crippen LogP contribution in [0.15, 0.2) is 23.1 Å². The number of pyridine rings is 1. The Morgan fingerprint density at radius 3 is 2.78 bits per heavy atom. The summed E-state index contributed by atoms with van der Waals surface area (Å²) in [4.78, 5) is 24.8. The van der Waals surface area contributed by atoms with Gasteiger partial charge in [0, 0.05) is 31.4 Å². The number of rotatable bonds is 6. The van der Waals surface area contributed by atoms with E-state index in [2.05, 4.69) is 11.8 Å². The van der Waals surface area contributed by atoms with Crippen molar-refractivity contribution in [3.05, 3.63) is 34.2 Å². The van der Waals surface area contributed by atoms with Crippen molar-refractivity contribution in [3.63, 3.8) is 0 Å². The highest BCUT2D eigenvalue weighted by molar-refractivity contribution is 5.87. The van der Waals surface area contributed by atoms with Crippen molar-refractivity contribution in [2.24, 2.45) is 0 Å². The number of nitrogens with zero attached hydrogens (tertiary/aromatic N) is 2. The van der Waals surface area contributed by atoms with Crippen LogP contribution in [-0.4, -0.2) is 39.7 Å². The smallest absolute Gasteiger partial charge is 0.337 e. The highest BCUT2D eigenvalue weighted by Gasteiger charge is 2.27. The molecular formula is C13H18N2O3. The van der Waals surface area contributed by atoms with Crippen LogP contribution in [0.25, 0.3) is 0 Å². The SMILES string of the molecule is CCN(CCn1cc(C(=O)O)ccc1=O)C1CC1. The van der Waals surface area contributed by atoms with E-state index in [1.807, 2.05) is 0 Å². The molecule has 0 aromatic carbocycles. The van der Waals surface area contributed by atoms with Crippen LogP contribution in [0.5, 0.6) is 0 Å². The van der Waals surface area contributed by atoms with Gasteiger partial charge in [0.2, 0.25) is 0 Å². The number of hydrogen-bond acceptors (Lipinski definition) is 3. The molecular weight excluding hydrogens is 232 g/mol. The Balaban J connectivity index is 2.05. The van der Waals surface area contributed by atoms with Gasteiger partial charge in [0.1, 0.15) is 0 Å². The first-order valence-corrected chi connectivity index (χ1v) is 6.29. The maximum Gasteiger partial charge on any atom is 0.337 e. The lowest BCUT2D eigenvalue weighted by atomic mass is 10.3. The van der Waals surface area contributed by atoms with Gasteiger partial charge >= 0.3 is 5.97 Å². The second-order valence-electron chi connectivity index (χ2n) is 4.61. The van der Waals surface area contributed by atoms with Gasteiger partial charge in [0.25, 0.3) is 5.56 Å². The molecule has 0 radical (unpaired) electrons. The first-order chi connectivity index (χ1) is 8.61. The summed E-state index contributed by atoms with van der Waals surface area (Å²) in [6.45, 7) is 4.42. The number of likely N-dealkylation sites (N-methyl/N-ethyl adjacent to an activating group) is 1. The maximum atomic E-state index is 11.6. The van der Waals surface area contributed by atoms with Gasteiger partial charge in [-0.2, -0.15) is 0 Å². The van der Waals surface area contributed by atoms with Crippen LogP contribution in [-0.2, 0) is 6.54 Å². The lowest BCUT2D eigenvalue weighted by molar-refractivity contribution is 0.0695. The second kappa shape index (κ2) is 5.35. The van der Waals surface area contributed by atoms with Gasteiger partial charge in [-0.1, -0.05) is 6.92 Å². The van der Waals surface area contributed by atoms with Gasteiger partial charge in [-0.05, 0) is 25.5 Å². The molecule has 0 aliphatic heterocycles. The molecule has 1 aliphatic rings. The molecule has 1 aromatic rings. The lowest BCUT2D eigenvalue weighted by Gasteiger charge is -2.20. The molecule has 2 rings (SSSR count). The summed E-state index contributed by atoms with van der Waals surface area (Å²) in [6.07, 6.45) is 3.89. The normalized spacial score (nSPS) is 15.0. The van der Waals surface area contributed by atoms with E-state index in [-0.39, 0.29) is 11.1 Å². The van der Waals surface area contributed by atoms with Gasteiger partial charge in [-0.15, -0.1) is 0 Å². The molecule has 5 heteroatoms. The highest BCUT2D eigenvalue weighted by Crippen LogP contribution is 2.26. The van der Waals surface area contributed by atoms with Gasteiger partial charge in [0.15, 0.2) is 0 Å². The summed E-state index contributed by atoms with van der Waals surface area (Å²) in [5.41, 5.74) is 0.0101. The van der Waals surface area contributed by atoms with E-state index in [0.717, 1.165) is 13.1 Å². The Kier molecular flexibility index (Phi) is 3.81. The number of aromatic nitrogens is 1. The number of aromatic carboxylic acids is 1. The summed E-state index contributed by atoms with van der Waals surface area (Å²) >= 11 is 0. The fourth-order valence-corrected chi connectivity index (χ4v) is 2.11. The Morgan fingerprint density at radius 1 is 1.50 bits per heavy atom. The zero-order chi connectivity index (χ0) is 13.1. The Morgan fingerprint density at radius 2 is 2.22 bits per heavy atom. The van der Waals surface area contributed by atoms with Crippen molar-refractivity contribution in [1.29, 1.82) is 0 Å². The van der Waals surface area contributed by atoms with Crippen LogP contribution in [0.1, 0.15) is 30.1 Å². The first-order valence-electron chi connectivity index (χ1n) is 6.29. The fraction of sp³-hybridized carbons (Fsp3) is 0.538. The molecule has 0 saturated heterocycles. The Bertz CT molecular complexity index is 491. The monoisotopic (exact) mass is 250 g/mol. The predicted octanol–water partition coefficient (Wildman–Crippen LogP) is 1.03. The van der Waals surface area contributed by atoms with E-state index < -0.39 is 5.97 Å². The number of carboxylic acids is 1. The molecule has 5 nitrogen and oxygen atoms in total. The average molecular weight is 250 g/mol. The third kappa shape index (κ3) is 2.98. The van der Waals surface area contributed by atoms with Crippen LogP contribution in [0.2, 0.25) is 0 Å². The fourth-order valence-electron chi connectivity index (χ4n) is 2.11. The minimum atomic E-state index is -1.00. The molecule has 0 bridgehead atoms. The third-order valence-electron chi connectivity index (χ3n) is 3.33. The van der Waals surface area contributed by atoms with Crippen LogP contribution >= 0.6 is 0 Å². The van der Waals surface area contributed by atoms with Crippen molar-refractivity contribution in [3.8, 4) is 0 Å². The largest absolute Gasteiger partial charge is 0.478 e. The number of carboxylic acid groups (broad SMARTS) is 1. The summed E-state index contributed by atoms with van der Waals surface area (Å²) in [7, 11) is 0. The summed E-state index contributed by atoms with van der Waals surface area (Å²) in [5, 5.41) is 8.90. The van der Waals surface area contributed by atoms with E-state index in [9.17, 15) is 9.59 Å². The third-order valence-corrected chi connectivity index (χ3v) is 3.33. The summed E-state index contributed by atoms with van der Waals surface area (Å²) in [6, 6.07) is 3.32. The maximum absolute atomic E-state index is 11.6. The quantitative estimate of drug-likeness (QED) is 0.819. The summed E-state index contributed by atoms with van der Waals surface area (Å²) < 4.78 is 1.48. The topological polar surface area (TPSA) is 62.5 Å². The molecule has 1 heterocycles. The number of hydrogen-bond donors (Lipinski definition) is 1. The molecule has 98 valence electrons. The first kappa shape index (κ1) is 12.8. The lowest BCUT2D eigenvalue weighted by Crippen LogP contribution is -2.32. The number of carbonyl (C=O) groups is 1. The van der Waals surface area contributed by atoms with E-state index >= 15 is 0 Å². The minimum Gasteiger partial charge on any atom is -0.478 e. The van der Waals surface area contributed by atoms with Crippen molar-refractivity contribution in [2.75, 3.05) is 13.1 Å². The van der Waals surface area contributed by atoms with Crippen LogP contribution in [0.3, 0.4) is 0 Å². The van der Waals surface area contributed by atoms with Crippen molar-refractivity contribution < 1.29 is 9.90 Å². The zero-order valence-electron chi connectivity index (χ0n) is 10.5. The summed E-state index contributed by atoms with van der Waals surface area (Å²) in [5.74, 6) is -1.00. The van der Waals surface area contributed by atoms with E-state index in [0.29, 0.717) is 12.6 Å². The highest BCUT2D eigenvalue weighted by atomic mass is 16.4. The van der Waals surface area contributed by atoms with Crippen molar-refractivity contribution in [1.82, 2.24) is 9.47 Å². The van der Waals surface area contributed by atoms with E-state index in [1.165, 1.54) is 35.7 Å². The Labute approximate surface area is 106 Å². The molecule has 0 atom stereocenters. The van der Waals surface area contributed by atoms with Gasteiger partial charge < -0.3 is 9.67 Å². The molecule has 1 N–H and O–H groups in total.